The van der Waals surface area contributed by atoms with Crippen LogP contribution < -0.4 is 0 Å². The molecule has 2 aromatic carbocycles. The zero-order valence-corrected chi connectivity index (χ0v) is 10.9. The first kappa shape index (κ1) is 12.4. The molecule has 2 nitrogen and oxygen atoms in total. The van der Waals surface area contributed by atoms with Gasteiger partial charge in [-0.05, 0) is 11.6 Å². The van der Waals surface area contributed by atoms with Gasteiger partial charge >= 0.3 is 0 Å². The van der Waals surface area contributed by atoms with Gasteiger partial charge in [-0.25, -0.2) is 8.42 Å². The van der Waals surface area contributed by atoms with Crippen molar-refractivity contribution in [1.29, 1.82) is 0 Å². The van der Waals surface area contributed by atoms with Crippen LogP contribution >= 0.6 is 22.3 Å². The first-order valence-electron chi connectivity index (χ1n) is 4.79. The zero-order valence-electron chi connectivity index (χ0n) is 8.60. The molecule has 0 bridgehead atoms. The van der Waals surface area contributed by atoms with Crippen LogP contribution in [0.15, 0.2) is 53.4 Å². The van der Waals surface area contributed by atoms with Crippen molar-refractivity contribution in [3.63, 3.8) is 0 Å². The predicted octanol–water partition coefficient (Wildman–Crippen LogP) is 3.93. The standard InChI is InChI=1S/C12H8Cl2O2S/c13-11-8-4-7-10(12(11)17(14,15)16)9-5-2-1-3-6-9/h1-8H. The van der Waals surface area contributed by atoms with Gasteiger partial charge in [0.15, 0.2) is 0 Å². The first-order valence-corrected chi connectivity index (χ1v) is 7.47. The van der Waals surface area contributed by atoms with Crippen LogP contribution in [-0.4, -0.2) is 8.42 Å². The van der Waals surface area contributed by atoms with E-state index >= 15 is 0 Å². The Morgan fingerprint density at radius 2 is 1.53 bits per heavy atom. The number of benzene rings is 2. The number of halogens is 2. The average molecular weight is 287 g/mol. The maximum atomic E-state index is 11.5. The summed E-state index contributed by atoms with van der Waals surface area (Å²) in [7, 11) is 1.53. The van der Waals surface area contributed by atoms with Crippen molar-refractivity contribution in [2.75, 3.05) is 0 Å². The minimum Gasteiger partial charge on any atom is -0.207 e. The second kappa shape index (κ2) is 4.69. The summed E-state index contributed by atoms with van der Waals surface area (Å²) in [5.74, 6) is 0. The van der Waals surface area contributed by atoms with Crippen LogP contribution in [-0.2, 0) is 9.05 Å². The first-order chi connectivity index (χ1) is 8.00. The fourth-order valence-electron chi connectivity index (χ4n) is 1.60. The largest absolute Gasteiger partial charge is 0.263 e. The van der Waals surface area contributed by atoms with E-state index in [2.05, 4.69) is 0 Å². The minimum atomic E-state index is -3.87. The van der Waals surface area contributed by atoms with E-state index in [-0.39, 0.29) is 9.92 Å². The molecule has 0 heterocycles. The van der Waals surface area contributed by atoms with Crippen LogP contribution in [0.4, 0.5) is 0 Å². The molecule has 2 rings (SSSR count). The Kier molecular flexibility index (Phi) is 3.43. The topological polar surface area (TPSA) is 34.1 Å². The number of hydrogen-bond donors (Lipinski definition) is 0. The summed E-state index contributed by atoms with van der Waals surface area (Å²) in [6.45, 7) is 0. The van der Waals surface area contributed by atoms with Gasteiger partial charge in [0.2, 0.25) is 0 Å². The number of hydrogen-bond acceptors (Lipinski definition) is 2. The Bertz CT molecular complexity index is 637. The van der Waals surface area contributed by atoms with Gasteiger partial charge in [0, 0.05) is 16.2 Å². The molecule has 0 aliphatic carbocycles. The molecule has 0 amide bonds. The van der Waals surface area contributed by atoms with Gasteiger partial charge in [-0.2, -0.15) is 0 Å². The molecule has 88 valence electrons. The molecule has 0 spiro atoms. The molecule has 0 unspecified atom stereocenters. The van der Waals surface area contributed by atoms with E-state index in [0.717, 1.165) is 5.56 Å². The summed E-state index contributed by atoms with van der Waals surface area (Å²) < 4.78 is 23.1. The molecule has 17 heavy (non-hydrogen) atoms. The molecule has 0 radical (unpaired) electrons. The molecule has 2 aromatic rings. The van der Waals surface area contributed by atoms with Crippen LogP contribution in [0.25, 0.3) is 11.1 Å². The van der Waals surface area contributed by atoms with Gasteiger partial charge in [0.25, 0.3) is 9.05 Å². The third-order valence-electron chi connectivity index (χ3n) is 2.30. The van der Waals surface area contributed by atoms with E-state index in [1.54, 1.807) is 24.3 Å². The molecule has 0 aliphatic heterocycles. The molecule has 0 atom stereocenters. The van der Waals surface area contributed by atoms with Crippen molar-refractivity contribution >= 4 is 31.3 Å². The van der Waals surface area contributed by atoms with Crippen molar-refractivity contribution in [1.82, 2.24) is 0 Å². The Hall–Kier alpha value is -1.03. The molecular weight excluding hydrogens is 279 g/mol. The lowest BCUT2D eigenvalue weighted by Gasteiger charge is -2.08. The van der Waals surface area contributed by atoms with Crippen molar-refractivity contribution in [3.05, 3.63) is 53.6 Å². The molecule has 0 saturated carbocycles. The maximum absolute atomic E-state index is 11.5. The second-order valence-corrected chi connectivity index (χ2v) is 6.33. The van der Waals surface area contributed by atoms with Crippen molar-refractivity contribution in [3.8, 4) is 11.1 Å². The third-order valence-corrected chi connectivity index (χ3v) is 4.11. The van der Waals surface area contributed by atoms with E-state index in [0.29, 0.717) is 5.56 Å². The van der Waals surface area contributed by atoms with E-state index in [9.17, 15) is 8.42 Å². The van der Waals surface area contributed by atoms with Crippen molar-refractivity contribution in [2.45, 2.75) is 4.90 Å². The third kappa shape index (κ3) is 2.63. The molecular formula is C12H8Cl2O2S. The van der Waals surface area contributed by atoms with Gasteiger partial charge in [0.05, 0.1) is 5.02 Å². The molecule has 0 aromatic heterocycles. The van der Waals surface area contributed by atoms with Crippen LogP contribution in [0.2, 0.25) is 5.02 Å². The number of rotatable bonds is 2. The Morgan fingerprint density at radius 1 is 0.882 bits per heavy atom. The van der Waals surface area contributed by atoms with E-state index in [1.807, 2.05) is 18.2 Å². The van der Waals surface area contributed by atoms with E-state index in [4.69, 9.17) is 22.3 Å². The van der Waals surface area contributed by atoms with Crippen LogP contribution in [0, 0.1) is 0 Å². The summed E-state index contributed by atoms with van der Waals surface area (Å²) in [6, 6.07) is 14.0. The highest BCUT2D eigenvalue weighted by atomic mass is 35.7. The summed E-state index contributed by atoms with van der Waals surface area (Å²) >= 11 is 5.90. The Balaban J connectivity index is 2.76. The van der Waals surface area contributed by atoms with Crippen LogP contribution in [0.3, 0.4) is 0 Å². The smallest absolute Gasteiger partial charge is 0.207 e. The lowest BCUT2D eigenvalue weighted by Crippen LogP contribution is -1.95. The van der Waals surface area contributed by atoms with Crippen molar-refractivity contribution < 1.29 is 8.42 Å². The summed E-state index contributed by atoms with van der Waals surface area (Å²) in [4.78, 5) is -0.0467. The summed E-state index contributed by atoms with van der Waals surface area (Å²) in [6.07, 6.45) is 0. The van der Waals surface area contributed by atoms with Gasteiger partial charge < -0.3 is 0 Å². The van der Waals surface area contributed by atoms with Gasteiger partial charge in [-0.15, -0.1) is 0 Å². The average Bonchev–Trinajstić information content (AvgIpc) is 2.28. The van der Waals surface area contributed by atoms with Crippen LogP contribution in [0.5, 0.6) is 0 Å². The zero-order chi connectivity index (χ0) is 12.5. The van der Waals surface area contributed by atoms with E-state index in [1.165, 1.54) is 6.07 Å². The highest BCUT2D eigenvalue weighted by molar-refractivity contribution is 8.14. The fourth-order valence-corrected chi connectivity index (χ4v) is 3.45. The lowest BCUT2D eigenvalue weighted by molar-refractivity contribution is 0.610. The SMILES string of the molecule is O=S(=O)(Cl)c1c(Cl)cccc1-c1ccccc1. The molecule has 0 aliphatic rings. The highest BCUT2D eigenvalue weighted by Crippen LogP contribution is 2.34. The molecule has 0 N–H and O–H groups in total. The normalized spacial score (nSPS) is 11.4. The van der Waals surface area contributed by atoms with Gasteiger partial charge in [0.1, 0.15) is 4.90 Å². The Morgan fingerprint density at radius 3 is 2.12 bits per heavy atom. The van der Waals surface area contributed by atoms with Gasteiger partial charge in [-0.1, -0.05) is 54.1 Å². The highest BCUT2D eigenvalue weighted by Gasteiger charge is 2.20. The van der Waals surface area contributed by atoms with Gasteiger partial charge in [-0.3, -0.25) is 0 Å². The molecule has 0 saturated heterocycles. The second-order valence-electron chi connectivity index (χ2n) is 3.42. The predicted molar refractivity (Wildman–Crippen MR) is 69.9 cm³/mol. The van der Waals surface area contributed by atoms with Crippen molar-refractivity contribution in [2.24, 2.45) is 0 Å². The minimum absolute atomic E-state index is 0.0467. The monoisotopic (exact) mass is 286 g/mol. The summed E-state index contributed by atoms with van der Waals surface area (Å²) in [5.41, 5.74) is 1.27. The van der Waals surface area contributed by atoms with Crippen LogP contribution in [0.1, 0.15) is 0 Å². The molecule has 5 heteroatoms. The van der Waals surface area contributed by atoms with E-state index < -0.39 is 9.05 Å². The maximum Gasteiger partial charge on any atom is 0.263 e. The fraction of sp³-hybridized carbons (Fsp3) is 0. The molecule has 0 fully saturated rings. The Labute approximate surface area is 109 Å². The quantitative estimate of drug-likeness (QED) is 0.784. The lowest BCUT2D eigenvalue weighted by atomic mass is 10.1. The summed E-state index contributed by atoms with van der Waals surface area (Å²) in [5, 5.41) is 0.126.